The average molecular weight is 471 g/mol. The van der Waals surface area contributed by atoms with E-state index in [1.165, 1.54) is 22.2 Å². The highest BCUT2D eigenvalue weighted by Gasteiger charge is 2.19. The highest BCUT2D eigenvalue weighted by molar-refractivity contribution is 7.99. The topological polar surface area (TPSA) is 86.1 Å². The third kappa shape index (κ3) is 5.46. The number of allylic oxidation sites excluding steroid dienone is 1. The van der Waals surface area contributed by atoms with E-state index in [0.29, 0.717) is 29.6 Å². The maximum Gasteiger partial charge on any atom is 0.338 e. The van der Waals surface area contributed by atoms with Crippen LogP contribution in [0.1, 0.15) is 34.6 Å². The van der Waals surface area contributed by atoms with Gasteiger partial charge < -0.3 is 10.1 Å². The van der Waals surface area contributed by atoms with Crippen molar-refractivity contribution in [2.75, 3.05) is 17.7 Å². The summed E-state index contributed by atoms with van der Waals surface area (Å²) in [4.78, 5) is 25.5. The van der Waals surface area contributed by atoms with E-state index >= 15 is 0 Å². The highest BCUT2D eigenvalue weighted by Crippen LogP contribution is 2.32. The molecule has 9 heteroatoms. The molecular weight excluding hydrogens is 444 g/mol. The van der Waals surface area contributed by atoms with Gasteiger partial charge in [0.15, 0.2) is 11.0 Å². The summed E-state index contributed by atoms with van der Waals surface area (Å²) < 4.78 is 6.95. The number of rotatable bonds is 10. The largest absolute Gasteiger partial charge is 0.462 e. The number of ether oxygens (including phenoxy) is 1. The Morgan fingerprint density at radius 2 is 2.00 bits per heavy atom. The Morgan fingerprint density at radius 1 is 1.25 bits per heavy atom. The molecule has 1 N–H and O–H groups in total. The second-order valence-corrected chi connectivity index (χ2v) is 8.90. The van der Waals surface area contributed by atoms with Crippen LogP contribution in [0.25, 0.3) is 11.4 Å². The Hall–Kier alpha value is -2.91. The molecule has 2 heterocycles. The molecule has 3 aromatic rings. The van der Waals surface area contributed by atoms with E-state index in [4.69, 9.17) is 4.74 Å². The fourth-order valence-corrected chi connectivity index (χ4v) is 4.91. The molecule has 32 heavy (non-hydrogen) atoms. The number of hydrogen-bond donors (Lipinski definition) is 1. The highest BCUT2D eigenvalue weighted by atomic mass is 32.2. The van der Waals surface area contributed by atoms with E-state index in [1.54, 1.807) is 48.6 Å². The van der Waals surface area contributed by atoms with Gasteiger partial charge in [0.05, 0.1) is 17.9 Å². The van der Waals surface area contributed by atoms with Crippen molar-refractivity contribution in [1.82, 2.24) is 14.8 Å². The lowest BCUT2D eigenvalue weighted by molar-refractivity contribution is -0.113. The summed E-state index contributed by atoms with van der Waals surface area (Å²) >= 11 is 3.03. The molecule has 0 fully saturated rings. The van der Waals surface area contributed by atoms with Crippen molar-refractivity contribution in [3.63, 3.8) is 0 Å². The summed E-state index contributed by atoms with van der Waals surface area (Å²) in [6, 6.07) is 6.61. The first-order valence-electron chi connectivity index (χ1n) is 10.3. The van der Waals surface area contributed by atoms with Crippen LogP contribution in [0.15, 0.2) is 47.5 Å². The fourth-order valence-electron chi connectivity index (χ4n) is 3.23. The Bertz CT molecular complexity index is 1100. The normalized spacial score (nSPS) is 10.7. The SMILES string of the molecule is C=CCn1c(SCC(=O)Nc2ccc(C(=O)OCC)cc2)nnc1-c1csc(C)c1CC. The molecule has 0 radical (unpaired) electrons. The predicted molar refractivity (Wildman–Crippen MR) is 129 cm³/mol. The first-order chi connectivity index (χ1) is 15.5. The Balaban J connectivity index is 1.67. The number of anilines is 1. The van der Waals surface area contributed by atoms with E-state index in [1.807, 2.05) is 4.57 Å². The quantitative estimate of drug-likeness (QED) is 0.256. The fraction of sp³-hybridized carbons (Fsp3) is 0.304. The number of carbonyl (C=O) groups is 2. The summed E-state index contributed by atoms with van der Waals surface area (Å²) in [6.07, 6.45) is 2.72. The average Bonchev–Trinajstić information content (AvgIpc) is 3.35. The van der Waals surface area contributed by atoms with Crippen LogP contribution >= 0.6 is 23.1 Å². The van der Waals surface area contributed by atoms with Gasteiger partial charge in [-0.15, -0.1) is 28.1 Å². The van der Waals surface area contributed by atoms with Gasteiger partial charge in [0.2, 0.25) is 5.91 Å². The van der Waals surface area contributed by atoms with Crippen LogP contribution in [0.3, 0.4) is 0 Å². The van der Waals surface area contributed by atoms with E-state index in [2.05, 4.69) is 41.3 Å². The predicted octanol–water partition coefficient (Wildman–Crippen LogP) is 4.97. The zero-order valence-electron chi connectivity index (χ0n) is 18.4. The summed E-state index contributed by atoms with van der Waals surface area (Å²) in [5.41, 5.74) is 3.41. The molecule has 168 valence electrons. The lowest BCUT2D eigenvalue weighted by atomic mass is 10.1. The first-order valence-corrected chi connectivity index (χ1v) is 12.2. The van der Waals surface area contributed by atoms with Gasteiger partial charge in [-0.2, -0.15) is 0 Å². The van der Waals surface area contributed by atoms with Gasteiger partial charge in [-0.25, -0.2) is 4.79 Å². The van der Waals surface area contributed by atoms with Crippen LogP contribution in [-0.4, -0.2) is 39.0 Å². The number of esters is 1. The van der Waals surface area contributed by atoms with Crippen molar-refractivity contribution in [1.29, 1.82) is 0 Å². The molecule has 0 bridgehead atoms. The van der Waals surface area contributed by atoms with Gasteiger partial charge >= 0.3 is 5.97 Å². The third-order valence-electron chi connectivity index (χ3n) is 4.74. The second kappa shape index (κ2) is 11.1. The number of carbonyl (C=O) groups excluding carboxylic acids is 2. The van der Waals surface area contributed by atoms with Crippen molar-refractivity contribution < 1.29 is 14.3 Å². The Kier molecular flexibility index (Phi) is 8.24. The van der Waals surface area contributed by atoms with E-state index in [0.717, 1.165) is 17.8 Å². The standard InChI is InChI=1S/C23H26N4O3S2/c1-5-12-27-21(19-13-31-15(4)18(19)6-2)25-26-23(27)32-14-20(28)24-17-10-8-16(9-11-17)22(29)30-7-3/h5,8-11,13H,1,6-7,12,14H2,2-4H3,(H,24,28). The number of thiophene rings is 1. The zero-order chi connectivity index (χ0) is 23.1. The van der Waals surface area contributed by atoms with E-state index in [-0.39, 0.29) is 17.6 Å². The Morgan fingerprint density at radius 3 is 2.66 bits per heavy atom. The molecule has 0 saturated heterocycles. The first kappa shape index (κ1) is 23.7. The molecule has 3 rings (SSSR count). The maximum absolute atomic E-state index is 12.5. The summed E-state index contributed by atoms with van der Waals surface area (Å²) in [6.45, 7) is 10.7. The van der Waals surface area contributed by atoms with E-state index < -0.39 is 0 Å². The molecule has 0 saturated carbocycles. The maximum atomic E-state index is 12.5. The number of nitrogens with one attached hydrogen (secondary N) is 1. The minimum atomic E-state index is -0.384. The monoisotopic (exact) mass is 470 g/mol. The third-order valence-corrected chi connectivity index (χ3v) is 6.66. The van der Waals surface area contributed by atoms with Gasteiger partial charge in [-0.3, -0.25) is 9.36 Å². The molecule has 2 aromatic heterocycles. The number of aryl methyl sites for hydroxylation is 1. The van der Waals surface area contributed by atoms with Gasteiger partial charge in [-0.05, 0) is 50.1 Å². The lowest BCUT2D eigenvalue weighted by Crippen LogP contribution is -2.15. The molecule has 0 spiro atoms. The van der Waals surface area contributed by atoms with Crippen LogP contribution in [0, 0.1) is 6.92 Å². The number of aromatic nitrogens is 3. The van der Waals surface area contributed by atoms with Crippen LogP contribution in [0.4, 0.5) is 5.69 Å². The van der Waals surface area contributed by atoms with Crippen molar-refractivity contribution >= 4 is 40.7 Å². The summed E-state index contributed by atoms with van der Waals surface area (Å²) in [5, 5.41) is 14.3. The number of benzene rings is 1. The zero-order valence-corrected chi connectivity index (χ0v) is 20.0. The number of thioether (sulfide) groups is 1. The van der Waals surface area contributed by atoms with Crippen molar-refractivity contribution in [2.45, 2.75) is 38.9 Å². The summed E-state index contributed by atoms with van der Waals surface area (Å²) in [5.74, 6) is 0.418. The number of amides is 1. The minimum absolute atomic E-state index is 0.172. The smallest absolute Gasteiger partial charge is 0.338 e. The molecule has 7 nitrogen and oxygen atoms in total. The van der Waals surface area contributed by atoms with E-state index in [9.17, 15) is 9.59 Å². The number of hydrogen-bond acceptors (Lipinski definition) is 7. The van der Waals surface area contributed by atoms with Crippen LogP contribution in [0.2, 0.25) is 0 Å². The van der Waals surface area contributed by atoms with Gasteiger partial charge in [0.1, 0.15) is 0 Å². The van der Waals surface area contributed by atoms with Crippen LogP contribution in [-0.2, 0) is 22.5 Å². The lowest BCUT2D eigenvalue weighted by Gasteiger charge is -2.09. The molecule has 1 amide bonds. The summed E-state index contributed by atoms with van der Waals surface area (Å²) in [7, 11) is 0. The number of nitrogens with zero attached hydrogens (tertiary/aromatic N) is 3. The minimum Gasteiger partial charge on any atom is -0.462 e. The molecule has 0 unspecified atom stereocenters. The van der Waals surface area contributed by atoms with Gasteiger partial charge in [-0.1, -0.05) is 24.8 Å². The molecule has 0 atom stereocenters. The molecule has 0 aliphatic heterocycles. The second-order valence-electron chi connectivity index (χ2n) is 6.88. The molecule has 1 aromatic carbocycles. The molecular formula is C23H26N4O3S2. The molecule has 0 aliphatic carbocycles. The van der Waals surface area contributed by atoms with Gasteiger partial charge in [0.25, 0.3) is 0 Å². The Labute approximate surface area is 195 Å². The van der Waals surface area contributed by atoms with Crippen molar-refractivity contribution in [2.24, 2.45) is 0 Å². The van der Waals surface area contributed by atoms with Crippen molar-refractivity contribution in [3.8, 4) is 11.4 Å². The van der Waals surface area contributed by atoms with Crippen LogP contribution < -0.4 is 5.32 Å². The van der Waals surface area contributed by atoms with Gasteiger partial charge in [0, 0.05) is 28.1 Å². The van der Waals surface area contributed by atoms with Crippen LogP contribution in [0.5, 0.6) is 0 Å². The molecule has 0 aliphatic rings. The van der Waals surface area contributed by atoms with Crippen molar-refractivity contribution in [3.05, 3.63) is 58.3 Å².